The number of carbonyl (C=O) groups excluding carboxylic acids is 2. The summed E-state index contributed by atoms with van der Waals surface area (Å²) in [6.07, 6.45) is 0. The summed E-state index contributed by atoms with van der Waals surface area (Å²) in [7, 11) is 0. The first-order valence-corrected chi connectivity index (χ1v) is 6.69. The van der Waals surface area contributed by atoms with Gasteiger partial charge < -0.3 is 20.1 Å². The standard InChI is InChI=1S/C13H20N4O3/c1-8(13-9(2)16-20-10(13)3)15-11(18)7-17-5-4-14-6-12(17)19/h8,14H,4-7H2,1-3H3,(H,15,18)/t8-/m1/s1. The highest BCUT2D eigenvalue weighted by atomic mass is 16.5. The average molecular weight is 280 g/mol. The van der Waals surface area contributed by atoms with Gasteiger partial charge in [-0.25, -0.2) is 0 Å². The molecule has 0 spiro atoms. The summed E-state index contributed by atoms with van der Waals surface area (Å²) in [6.45, 7) is 7.21. The van der Waals surface area contributed by atoms with Crippen molar-refractivity contribution in [1.82, 2.24) is 20.7 Å². The van der Waals surface area contributed by atoms with Gasteiger partial charge in [0.25, 0.3) is 0 Å². The Morgan fingerprint density at radius 3 is 2.90 bits per heavy atom. The number of nitrogens with zero attached hydrogens (tertiary/aromatic N) is 2. The van der Waals surface area contributed by atoms with Crippen molar-refractivity contribution in [3.63, 3.8) is 0 Å². The predicted molar refractivity (Wildman–Crippen MR) is 72.0 cm³/mol. The van der Waals surface area contributed by atoms with Crippen LogP contribution in [0.4, 0.5) is 0 Å². The highest BCUT2D eigenvalue weighted by Crippen LogP contribution is 2.20. The molecule has 1 aromatic heterocycles. The Balaban J connectivity index is 1.92. The number of aromatic nitrogens is 1. The summed E-state index contributed by atoms with van der Waals surface area (Å²) in [4.78, 5) is 25.2. The van der Waals surface area contributed by atoms with Crippen molar-refractivity contribution in [2.45, 2.75) is 26.8 Å². The second kappa shape index (κ2) is 6.04. The maximum Gasteiger partial charge on any atom is 0.240 e. The molecule has 0 aromatic carbocycles. The number of rotatable bonds is 4. The van der Waals surface area contributed by atoms with E-state index in [1.54, 1.807) is 4.90 Å². The van der Waals surface area contributed by atoms with Crippen LogP contribution >= 0.6 is 0 Å². The lowest BCUT2D eigenvalue weighted by Gasteiger charge is -2.27. The van der Waals surface area contributed by atoms with Gasteiger partial charge in [-0.2, -0.15) is 0 Å². The Bertz CT molecular complexity index is 492. The van der Waals surface area contributed by atoms with Crippen LogP contribution in [0.15, 0.2) is 4.52 Å². The van der Waals surface area contributed by atoms with Crippen LogP contribution in [0.5, 0.6) is 0 Å². The fourth-order valence-corrected chi connectivity index (χ4v) is 2.45. The van der Waals surface area contributed by atoms with E-state index in [9.17, 15) is 9.59 Å². The number of amides is 2. The molecule has 2 N–H and O–H groups in total. The largest absolute Gasteiger partial charge is 0.361 e. The summed E-state index contributed by atoms with van der Waals surface area (Å²) >= 11 is 0. The topological polar surface area (TPSA) is 87.5 Å². The summed E-state index contributed by atoms with van der Waals surface area (Å²) in [5.74, 6) is 0.484. The highest BCUT2D eigenvalue weighted by molar-refractivity contribution is 5.86. The lowest BCUT2D eigenvalue weighted by molar-refractivity contribution is -0.136. The van der Waals surface area contributed by atoms with Crippen molar-refractivity contribution in [1.29, 1.82) is 0 Å². The molecule has 2 rings (SSSR count). The van der Waals surface area contributed by atoms with Gasteiger partial charge in [0.2, 0.25) is 11.8 Å². The van der Waals surface area contributed by atoms with Gasteiger partial charge in [-0.05, 0) is 20.8 Å². The van der Waals surface area contributed by atoms with Crippen LogP contribution in [-0.2, 0) is 9.59 Å². The molecule has 7 heteroatoms. The number of hydrogen-bond donors (Lipinski definition) is 2. The summed E-state index contributed by atoms with van der Waals surface area (Å²) in [6, 6.07) is -0.188. The number of piperazine rings is 1. The molecule has 0 aliphatic carbocycles. The molecular weight excluding hydrogens is 260 g/mol. The molecule has 0 saturated carbocycles. The van der Waals surface area contributed by atoms with Crippen molar-refractivity contribution >= 4 is 11.8 Å². The van der Waals surface area contributed by atoms with Crippen LogP contribution in [0.25, 0.3) is 0 Å². The molecule has 1 fully saturated rings. The van der Waals surface area contributed by atoms with E-state index in [-0.39, 0.29) is 24.4 Å². The highest BCUT2D eigenvalue weighted by Gasteiger charge is 2.22. The molecule has 1 atom stereocenters. The molecule has 0 unspecified atom stereocenters. The Kier molecular flexibility index (Phi) is 4.39. The molecule has 2 heterocycles. The normalized spacial score (nSPS) is 17.1. The van der Waals surface area contributed by atoms with Gasteiger partial charge in [-0.1, -0.05) is 5.16 Å². The third kappa shape index (κ3) is 3.16. The minimum absolute atomic E-state index is 0.0450. The van der Waals surface area contributed by atoms with Crippen molar-refractivity contribution < 1.29 is 14.1 Å². The van der Waals surface area contributed by atoms with Gasteiger partial charge in [0, 0.05) is 18.7 Å². The second-order valence-corrected chi connectivity index (χ2v) is 5.02. The zero-order chi connectivity index (χ0) is 14.7. The van der Waals surface area contributed by atoms with E-state index >= 15 is 0 Å². The van der Waals surface area contributed by atoms with Gasteiger partial charge in [0.1, 0.15) is 5.76 Å². The average Bonchev–Trinajstić information content (AvgIpc) is 2.72. The first kappa shape index (κ1) is 14.5. The molecule has 7 nitrogen and oxygen atoms in total. The van der Waals surface area contributed by atoms with Gasteiger partial charge in [-0.3, -0.25) is 9.59 Å². The van der Waals surface area contributed by atoms with Gasteiger partial charge in [-0.15, -0.1) is 0 Å². The van der Waals surface area contributed by atoms with E-state index in [1.807, 2.05) is 20.8 Å². The van der Waals surface area contributed by atoms with Crippen molar-refractivity contribution in [2.75, 3.05) is 26.2 Å². The van der Waals surface area contributed by atoms with Crippen LogP contribution in [0.2, 0.25) is 0 Å². The molecule has 1 aliphatic rings. The third-order valence-corrected chi connectivity index (χ3v) is 3.42. The Morgan fingerprint density at radius 1 is 1.55 bits per heavy atom. The molecule has 2 amide bonds. The summed E-state index contributed by atoms with van der Waals surface area (Å²) in [5, 5.41) is 9.72. The van der Waals surface area contributed by atoms with Crippen LogP contribution in [0, 0.1) is 13.8 Å². The molecule has 110 valence electrons. The van der Waals surface area contributed by atoms with Gasteiger partial charge in [0.05, 0.1) is 24.8 Å². The Morgan fingerprint density at radius 2 is 2.30 bits per heavy atom. The smallest absolute Gasteiger partial charge is 0.240 e. The zero-order valence-corrected chi connectivity index (χ0v) is 12.0. The van der Waals surface area contributed by atoms with E-state index in [4.69, 9.17) is 4.52 Å². The van der Waals surface area contributed by atoms with Crippen LogP contribution < -0.4 is 10.6 Å². The fourth-order valence-electron chi connectivity index (χ4n) is 2.45. The summed E-state index contributed by atoms with van der Waals surface area (Å²) in [5.41, 5.74) is 1.67. The van der Waals surface area contributed by atoms with E-state index in [0.717, 1.165) is 17.8 Å². The predicted octanol–water partition coefficient (Wildman–Crippen LogP) is -0.0996. The lowest BCUT2D eigenvalue weighted by atomic mass is 10.1. The molecule has 0 radical (unpaired) electrons. The molecule has 1 aromatic rings. The van der Waals surface area contributed by atoms with E-state index in [2.05, 4.69) is 15.8 Å². The molecule has 1 aliphatic heterocycles. The molecular formula is C13H20N4O3. The maximum absolute atomic E-state index is 12.0. The van der Waals surface area contributed by atoms with Crippen molar-refractivity contribution in [3.05, 3.63) is 17.0 Å². The van der Waals surface area contributed by atoms with E-state index in [0.29, 0.717) is 18.8 Å². The second-order valence-electron chi connectivity index (χ2n) is 5.02. The number of carbonyl (C=O) groups is 2. The van der Waals surface area contributed by atoms with Crippen molar-refractivity contribution in [3.8, 4) is 0 Å². The monoisotopic (exact) mass is 280 g/mol. The first-order chi connectivity index (χ1) is 9.49. The van der Waals surface area contributed by atoms with Crippen LogP contribution in [0.3, 0.4) is 0 Å². The summed E-state index contributed by atoms with van der Waals surface area (Å²) < 4.78 is 5.09. The minimum atomic E-state index is -0.188. The molecule has 1 saturated heterocycles. The zero-order valence-electron chi connectivity index (χ0n) is 12.0. The molecule has 0 bridgehead atoms. The minimum Gasteiger partial charge on any atom is -0.361 e. The SMILES string of the molecule is Cc1noc(C)c1[C@@H](C)NC(=O)CN1CCNCC1=O. The number of aryl methyl sites for hydroxylation is 2. The number of hydrogen-bond acceptors (Lipinski definition) is 5. The first-order valence-electron chi connectivity index (χ1n) is 6.69. The van der Waals surface area contributed by atoms with Gasteiger partial charge >= 0.3 is 0 Å². The number of nitrogens with one attached hydrogen (secondary N) is 2. The lowest BCUT2D eigenvalue weighted by Crippen LogP contribution is -2.51. The van der Waals surface area contributed by atoms with E-state index < -0.39 is 0 Å². The van der Waals surface area contributed by atoms with E-state index in [1.165, 1.54) is 0 Å². The van der Waals surface area contributed by atoms with Crippen LogP contribution in [0.1, 0.15) is 30.0 Å². The van der Waals surface area contributed by atoms with Crippen LogP contribution in [-0.4, -0.2) is 48.0 Å². The maximum atomic E-state index is 12.0. The van der Waals surface area contributed by atoms with Gasteiger partial charge in [0.15, 0.2) is 0 Å². The Hall–Kier alpha value is -1.89. The third-order valence-electron chi connectivity index (χ3n) is 3.42. The van der Waals surface area contributed by atoms with Crippen molar-refractivity contribution in [2.24, 2.45) is 0 Å². The quantitative estimate of drug-likeness (QED) is 0.804. The molecule has 20 heavy (non-hydrogen) atoms. The fraction of sp³-hybridized carbons (Fsp3) is 0.615. The Labute approximate surface area is 117 Å².